The molecule has 0 aromatic rings. The van der Waals surface area contributed by atoms with Gasteiger partial charge in [-0.05, 0) is 18.8 Å². The van der Waals surface area contributed by atoms with Gasteiger partial charge >= 0.3 is 6.18 Å². The van der Waals surface area contributed by atoms with Crippen molar-refractivity contribution < 1.29 is 13.2 Å². The van der Waals surface area contributed by atoms with Crippen LogP contribution in [0.3, 0.4) is 0 Å². The molecule has 2 unspecified atom stereocenters. The first-order valence-electron chi connectivity index (χ1n) is 4.66. The van der Waals surface area contributed by atoms with Gasteiger partial charge in [0.25, 0.3) is 0 Å². The van der Waals surface area contributed by atoms with E-state index in [-0.39, 0.29) is 5.25 Å². The van der Waals surface area contributed by atoms with E-state index in [0.29, 0.717) is 5.92 Å². The van der Waals surface area contributed by atoms with Gasteiger partial charge < -0.3 is 0 Å². The van der Waals surface area contributed by atoms with E-state index in [1.54, 1.807) is 0 Å². The SMILES string of the molecule is CC1CCCC(SCC(F)(F)F)C1. The minimum atomic E-state index is -3.99. The second-order valence-electron chi connectivity index (χ2n) is 3.82. The maximum atomic E-state index is 11.9. The van der Waals surface area contributed by atoms with Crippen molar-refractivity contribution in [3.8, 4) is 0 Å². The lowest BCUT2D eigenvalue weighted by Crippen LogP contribution is -2.19. The lowest BCUT2D eigenvalue weighted by Gasteiger charge is -2.26. The van der Waals surface area contributed by atoms with Gasteiger partial charge in [0.1, 0.15) is 0 Å². The summed E-state index contributed by atoms with van der Waals surface area (Å²) in [5.41, 5.74) is 0. The van der Waals surface area contributed by atoms with Crippen LogP contribution >= 0.6 is 11.8 Å². The van der Waals surface area contributed by atoms with E-state index in [0.717, 1.165) is 31.0 Å². The monoisotopic (exact) mass is 212 g/mol. The predicted octanol–water partition coefficient (Wildman–Crippen LogP) is 3.86. The van der Waals surface area contributed by atoms with Crippen LogP contribution in [0.1, 0.15) is 32.6 Å². The van der Waals surface area contributed by atoms with Crippen LogP contribution in [0.5, 0.6) is 0 Å². The summed E-state index contributed by atoms with van der Waals surface area (Å²) in [6, 6.07) is 0. The third-order valence-electron chi connectivity index (χ3n) is 2.37. The summed E-state index contributed by atoms with van der Waals surface area (Å²) in [7, 11) is 0. The van der Waals surface area contributed by atoms with Crippen LogP contribution in [-0.2, 0) is 0 Å². The van der Waals surface area contributed by atoms with Crippen LogP contribution in [0.15, 0.2) is 0 Å². The van der Waals surface area contributed by atoms with Gasteiger partial charge in [0.15, 0.2) is 0 Å². The van der Waals surface area contributed by atoms with Crippen LogP contribution in [0.4, 0.5) is 13.2 Å². The topological polar surface area (TPSA) is 0 Å². The minimum Gasteiger partial charge on any atom is -0.170 e. The highest BCUT2D eigenvalue weighted by molar-refractivity contribution is 7.99. The Morgan fingerprint density at radius 3 is 2.54 bits per heavy atom. The summed E-state index contributed by atoms with van der Waals surface area (Å²) >= 11 is 1.08. The van der Waals surface area contributed by atoms with E-state index in [1.165, 1.54) is 6.42 Å². The molecule has 0 amide bonds. The highest BCUT2D eigenvalue weighted by Crippen LogP contribution is 2.34. The fourth-order valence-electron chi connectivity index (χ4n) is 1.74. The minimum absolute atomic E-state index is 0.241. The highest BCUT2D eigenvalue weighted by Gasteiger charge is 2.30. The molecule has 2 atom stereocenters. The van der Waals surface area contributed by atoms with Gasteiger partial charge in [-0.2, -0.15) is 13.2 Å². The van der Waals surface area contributed by atoms with Gasteiger partial charge in [-0.1, -0.05) is 19.8 Å². The van der Waals surface area contributed by atoms with Crippen molar-refractivity contribution in [1.29, 1.82) is 0 Å². The van der Waals surface area contributed by atoms with E-state index < -0.39 is 11.9 Å². The van der Waals surface area contributed by atoms with E-state index in [9.17, 15) is 13.2 Å². The summed E-state index contributed by atoms with van der Waals surface area (Å²) in [6.45, 7) is 2.13. The second kappa shape index (κ2) is 4.58. The number of rotatable bonds is 2. The van der Waals surface area contributed by atoms with E-state index in [1.807, 2.05) is 0 Å². The fourth-order valence-corrected chi connectivity index (χ4v) is 2.96. The molecule has 1 aliphatic carbocycles. The molecule has 4 heteroatoms. The molecule has 0 aliphatic heterocycles. The summed E-state index contributed by atoms with van der Waals surface area (Å²) in [6.07, 6.45) is 0.205. The molecule has 1 rings (SSSR count). The summed E-state index contributed by atoms with van der Waals surface area (Å²) in [4.78, 5) is 0. The van der Waals surface area contributed by atoms with Gasteiger partial charge in [-0.25, -0.2) is 0 Å². The van der Waals surface area contributed by atoms with Crippen LogP contribution in [-0.4, -0.2) is 17.2 Å². The van der Waals surface area contributed by atoms with Gasteiger partial charge in [-0.3, -0.25) is 0 Å². The summed E-state index contributed by atoms with van der Waals surface area (Å²) in [5, 5.41) is 0.241. The molecule has 1 saturated carbocycles. The van der Waals surface area contributed by atoms with Gasteiger partial charge in [-0.15, -0.1) is 11.8 Å². The first-order valence-corrected chi connectivity index (χ1v) is 5.70. The predicted molar refractivity (Wildman–Crippen MR) is 49.9 cm³/mol. The average Bonchev–Trinajstić information content (AvgIpc) is 2.00. The van der Waals surface area contributed by atoms with Crippen molar-refractivity contribution >= 4 is 11.8 Å². The molecule has 78 valence electrons. The normalized spacial score (nSPS) is 30.5. The number of thioether (sulfide) groups is 1. The molecule has 13 heavy (non-hydrogen) atoms. The first-order chi connectivity index (χ1) is 5.97. The lowest BCUT2D eigenvalue weighted by atomic mass is 9.91. The number of hydrogen-bond acceptors (Lipinski definition) is 1. The van der Waals surface area contributed by atoms with Crippen LogP contribution in [0, 0.1) is 5.92 Å². The van der Waals surface area contributed by atoms with E-state index in [2.05, 4.69) is 6.92 Å². The van der Waals surface area contributed by atoms with Crippen molar-refractivity contribution in [2.45, 2.75) is 44.0 Å². The molecular weight excluding hydrogens is 197 g/mol. The average molecular weight is 212 g/mol. The maximum Gasteiger partial charge on any atom is 0.397 e. The Balaban J connectivity index is 2.21. The van der Waals surface area contributed by atoms with Crippen molar-refractivity contribution in [2.24, 2.45) is 5.92 Å². The van der Waals surface area contributed by atoms with E-state index >= 15 is 0 Å². The van der Waals surface area contributed by atoms with Crippen molar-refractivity contribution in [3.63, 3.8) is 0 Å². The van der Waals surface area contributed by atoms with Gasteiger partial charge in [0.2, 0.25) is 0 Å². The Kier molecular flexibility index (Phi) is 3.95. The summed E-state index contributed by atoms with van der Waals surface area (Å²) < 4.78 is 35.7. The number of hydrogen-bond donors (Lipinski definition) is 0. The van der Waals surface area contributed by atoms with Crippen LogP contribution < -0.4 is 0 Å². The third kappa shape index (κ3) is 4.79. The molecule has 0 nitrogen and oxygen atoms in total. The van der Waals surface area contributed by atoms with Crippen LogP contribution in [0.2, 0.25) is 0 Å². The van der Waals surface area contributed by atoms with E-state index in [4.69, 9.17) is 0 Å². The zero-order valence-corrected chi connectivity index (χ0v) is 8.55. The molecule has 0 N–H and O–H groups in total. The Morgan fingerprint density at radius 1 is 1.31 bits per heavy atom. The Morgan fingerprint density at radius 2 is 2.00 bits per heavy atom. The Hall–Kier alpha value is 0.140. The fraction of sp³-hybridized carbons (Fsp3) is 1.00. The summed E-state index contributed by atoms with van der Waals surface area (Å²) in [5.74, 6) is -0.0656. The second-order valence-corrected chi connectivity index (χ2v) is 5.11. The maximum absolute atomic E-state index is 11.9. The first kappa shape index (κ1) is 11.2. The van der Waals surface area contributed by atoms with Gasteiger partial charge in [0.05, 0.1) is 5.75 Å². The van der Waals surface area contributed by atoms with Crippen LogP contribution in [0.25, 0.3) is 0 Å². The molecule has 0 spiro atoms. The molecule has 1 fully saturated rings. The van der Waals surface area contributed by atoms with Crippen molar-refractivity contribution in [3.05, 3.63) is 0 Å². The smallest absolute Gasteiger partial charge is 0.170 e. The number of halogens is 3. The molecule has 0 aromatic heterocycles. The largest absolute Gasteiger partial charge is 0.397 e. The lowest BCUT2D eigenvalue weighted by molar-refractivity contribution is -0.105. The quantitative estimate of drug-likeness (QED) is 0.669. The van der Waals surface area contributed by atoms with Crippen molar-refractivity contribution in [1.82, 2.24) is 0 Å². The molecule has 1 aliphatic rings. The molecule has 0 saturated heterocycles. The molecule has 0 radical (unpaired) electrons. The van der Waals surface area contributed by atoms with Gasteiger partial charge in [0, 0.05) is 5.25 Å². The number of alkyl halides is 3. The molecular formula is C9H15F3S. The molecule has 0 bridgehead atoms. The highest BCUT2D eigenvalue weighted by atomic mass is 32.2. The Labute approximate surface area is 81.3 Å². The molecule has 0 aromatic carbocycles. The zero-order chi connectivity index (χ0) is 9.90. The Bertz CT molecular complexity index is 155. The standard InChI is InChI=1S/C9H15F3S/c1-7-3-2-4-8(5-7)13-6-9(10,11)12/h7-8H,2-6H2,1H3. The third-order valence-corrected chi connectivity index (χ3v) is 3.76. The molecule has 0 heterocycles. The van der Waals surface area contributed by atoms with Crippen molar-refractivity contribution in [2.75, 3.05) is 5.75 Å². The zero-order valence-electron chi connectivity index (χ0n) is 7.73.